The van der Waals surface area contributed by atoms with E-state index in [1.807, 2.05) is 10.6 Å². The first-order valence-corrected chi connectivity index (χ1v) is 6.88. The molecule has 1 aliphatic heterocycles. The number of pyridine rings is 1. The molecule has 1 atom stereocenters. The molecule has 3 heterocycles. The van der Waals surface area contributed by atoms with E-state index >= 15 is 0 Å². The van der Waals surface area contributed by atoms with E-state index in [9.17, 15) is 0 Å². The van der Waals surface area contributed by atoms with Crippen LogP contribution < -0.4 is 5.73 Å². The number of aryl methyl sites for hydroxylation is 1. The first-order chi connectivity index (χ1) is 8.74. The Kier molecular flexibility index (Phi) is 3.22. The van der Waals surface area contributed by atoms with Gasteiger partial charge in [-0.1, -0.05) is 0 Å². The molecule has 0 amide bonds. The van der Waals surface area contributed by atoms with Gasteiger partial charge in [0.2, 0.25) is 5.95 Å². The number of nitrogens with zero attached hydrogens (tertiary/aromatic N) is 3. The van der Waals surface area contributed by atoms with E-state index in [0.29, 0.717) is 11.9 Å². The second kappa shape index (κ2) is 4.85. The lowest BCUT2D eigenvalue weighted by Crippen LogP contribution is -2.09. The van der Waals surface area contributed by atoms with Crippen LogP contribution in [0.3, 0.4) is 0 Å². The second-order valence-electron chi connectivity index (χ2n) is 4.64. The molecule has 2 aromatic heterocycles. The van der Waals surface area contributed by atoms with Crippen LogP contribution in [0.4, 0.5) is 5.95 Å². The molecule has 0 spiro atoms. The van der Waals surface area contributed by atoms with Crippen molar-refractivity contribution in [1.29, 1.82) is 0 Å². The normalized spacial score (nSPS) is 19.7. The Hall–Kier alpha value is -1.14. The van der Waals surface area contributed by atoms with Crippen molar-refractivity contribution >= 4 is 33.0 Å². The first-order valence-electron chi connectivity index (χ1n) is 6.09. The van der Waals surface area contributed by atoms with E-state index in [0.717, 1.165) is 48.2 Å². The molecule has 0 bridgehead atoms. The maximum absolute atomic E-state index is 5.95. The van der Waals surface area contributed by atoms with Gasteiger partial charge in [0.25, 0.3) is 0 Å². The number of aromatic nitrogens is 3. The van der Waals surface area contributed by atoms with E-state index in [2.05, 4.69) is 25.9 Å². The average Bonchev–Trinajstić information content (AvgIpc) is 2.93. The zero-order valence-electron chi connectivity index (χ0n) is 9.97. The molecule has 2 aromatic rings. The van der Waals surface area contributed by atoms with Crippen molar-refractivity contribution in [1.82, 2.24) is 14.5 Å². The van der Waals surface area contributed by atoms with Gasteiger partial charge in [0.05, 0.1) is 0 Å². The fraction of sp³-hybridized carbons (Fsp3) is 0.500. The van der Waals surface area contributed by atoms with Gasteiger partial charge in [-0.25, -0.2) is 9.97 Å². The van der Waals surface area contributed by atoms with Crippen LogP contribution in [0, 0.1) is 5.92 Å². The highest BCUT2D eigenvalue weighted by Crippen LogP contribution is 2.22. The number of anilines is 1. The van der Waals surface area contributed by atoms with Gasteiger partial charge in [-0.05, 0) is 40.8 Å². The van der Waals surface area contributed by atoms with Crippen molar-refractivity contribution in [2.75, 3.05) is 18.9 Å². The Bertz CT molecular complexity index is 562. The largest absolute Gasteiger partial charge is 0.381 e. The molecular weight excluding hydrogens is 296 g/mol. The molecule has 0 aliphatic carbocycles. The number of hydrogen-bond donors (Lipinski definition) is 1. The summed E-state index contributed by atoms with van der Waals surface area (Å²) in [6.45, 7) is 2.60. The first kappa shape index (κ1) is 11.9. The van der Waals surface area contributed by atoms with Crippen LogP contribution in [0.15, 0.2) is 16.7 Å². The predicted molar refractivity (Wildman–Crippen MR) is 73.2 cm³/mol. The molecule has 1 saturated heterocycles. The summed E-state index contributed by atoms with van der Waals surface area (Å²) in [5.74, 6) is 1.17. The van der Waals surface area contributed by atoms with Gasteiger partial charge >= 0.3 is 0 Å². The van der Waals surface area contributed by atoms with Gasteiger partial charge in [0.1, 0.15) is 5.52 Å². The van der Waals surface area contributed by atoms with Gasteiger partial charge in [0, 0.05) is 30.4 Å². The maximum Gasteiger partial charge on any atom is 0.202 e. The SMILES string of the molecule is Nc1nc2cc(Br)cnc2n1CCC1CCOC1. The smallest absolute Gasteiger partial charge is 0.202 e. The minimum atomic E-state index is 0.537. The molecule has 5 nitrogen and oxygen atoms in total. The highest BCUT2D eigenvalue weighted by atomic mass is 79.9. The molecule has 18 heavy (non-hydrogen) atoms. The molecule has 0 aromatic carbocycles. The summed E-state index contributed by atoms with van der Waals surface area (Å²) < 4.78 is 8.29. The summed E-state index contributed by atoms with van der Waals surface area (Å²) >= 11 is 3.39. The van der Waals surface area contributed by atoms with Gasteiger partial charge in [-0.3, -0.25) is 4.57 Å². The van der Waals surface area contributed by atoms with Crippen molar-refractivity contribution in [3.63, 3.8) is 0 Å². The number of ether oxygens (including phenoxy) is 1. The predicted octanol–water partition coefficient (Wildman–Crippen LogP) is 2.20. The highest BCUT2D eigenvalue weighted by molar-refractivity contribution is 9.10. The van der Waals surface area contributed by atoms with E-state index in [-0.39, 0.29) is 0 Å². The Morgan fingerprint density at radius 1 is 1.56 bits per heavy atom. The molecule has 1 unspecified atom stereocenters. The number of fused-ring (bicyclic) bond motifs is 1. The summed E-state index contributed by atoms with van der Waals surface area (Å²) in [4.78, 5) is 8.73. The van der Waals surface area contributed by atoms with Crippen LogP contribution in [0.1, 0.15) is 12.8 Å². The summed E-state index contributed by atoms with van der Waals surface area (Å²) in [5, 5.41) is 0. The van der Waals surface area contributed by atoms with Crippen LogP contribution in [0.5, 0.6) is 0 Å². The fourth-order valence-corrected chi connectivity index (χ4v) is 2.67. The number of nitrogens with two attached hydrogens (primary N) is 1. The lowest BCUT2D eigenvalue weighted by molar-refractivity contribution is 0.183. The van der Waals surface area contributed by atoms with Gasteiger partial charge < -0.3 is 10.5 Å². The van der Waals surface area contributed by atoms with Crippen molar-refractivity contribution in [3.8, 4) is 0 Å². The summed E-state index contributed by atoms with van der Waals surface area (Å²) in [6, 6.07) is 1.94. The molecule has 1 fully saturated rings. The third kappa shape index (κ3) is 2.22. The summed E-state index contributed by atoms with van der Waals surface area (Å²) in [6.07, 6.45) is 3.98. The van der Waals surface area contributed by atoms with Crippen LogP contribution in [-0.2, 0) is 11.3 Å². The molecule has 6 heteroatoms. The summed E-state index contributed by atoms with van der Waals surface area (Å²) in [5.41, 5.74) is 7.65. The van der Waals surface area contributed by atoms with Crippen molar-refractivity contribution in [2.45, 2.75) is 19.4 Å². The standard InChI is InChI=1S/C12H15BrN4O/c13-9-5-10-11(15-6-9)17(12(14)16-10)3-1-8-2-4-18-7-8/h5-6,8H,1-4,7H2,(H2,14,16). The van der Waals surface area contributed by atoms with Gasteiger partial charge in [-0.2, -0.15) is 0 Å². The van der Waals surface area contributed by atoms with Gasteiger partial charge in [-0.15, -0.1) is 0 Å². The fourth-order valence-electron chi connectivity index (χ4n) is 2.35. The molecule has 0 saturated carbocycles. The third-order valence-electron chi connectivity index (χ3n) is 3.37. The van der Waals surface area contributed by atoms with E-state index in [1.54, 1.807) is 6.20 Å². The molecule has 3 rings (SSSR count). The molecule has 0 radical (unpaired) electrons. The Labute approximate surface area is 113 Å². The second-order valence-corrected chi connectivity index (χ2v) is 5.55. The Balaban J connectivity index is 1.84. The van der Waals surface area contributed by atoms with Crippen molar-refractivity contribution in [2.24, 2.45) is 5.92 Å². The number of imidazole rings is 1. The van der Waals surface area contributed by atoms with Crippen molar-refractivity contribution in [3.05, 3.63) is 16.7 Å². The third-order valence-corrected chi connectivity index (χ3v) is 3.80. The average molecular weight is 311 g/mol. The topological polar surface area (TPSA) is 66.0 Å². The van der Waals surface area contributed by atoms with Crippen LogP contribution in [0.25, 0.3) is 11.2 Å². The lowest BCUT2D eigenvalue weighted by atomic mass is 10.1. The lowest BCUT2D eigenvalue weighted by Gasteiger charge is -2.09. The van der Waals surface area contributed by atoms with Crippen molar-refractivity contribution < 1.29 is 4.74 Å². The minimum Gasteiger partial charge on any atom is -0.381 e. The minimum absolute atomic E-state index is 0.537. The molecule has 96 valence electrons. The van der Waals surface area contributed by atoms with Gasteiger partial charge in [0.15, 0.2) is 5.65 Å². The van der Waals surface area contributed by atoms with E-state index < -0.39 is 0 Å². The number of hydrogen-bond acceptors (Lipinski definition) is 4. The number of rotatable bonds is 3. The highest BCUT2D eigenvalue weighted by Gasteiger charge is 2.17. The van der Waals surface area contributed by atoms with E-state index in [1.165, 1.54) is 0 Å². The Morgan fingerprint density at radius 2 is 2.44 bits per heavy atom. The van der Waals surface area contributed by atoms with Crippen LogP contribution in [0.2, 0.25) is 0 Å². The number of halogens is 1. The zero-order valence-corrected chi connectivity index (χ0v) is 11.6. The molecule has 2 N–H and O–H groups in total. The monoisotopic (exact) mass is 310 g/mol. The quantitative estimate of drug-likeness (QED) is 0.944. The van der Waals surface area contributed by atoms with Crippen LogP contribution >= 0.6 is 15.9 Å². The number of nitrogen functional groups attached to an aromatic ring is 1. The van der Waals surface area contributed by atoms with E-state index in [4.69, 9.17) is 10.5 Å². The molecule has 1 aliphatic rings. The molecular formula is C12H15BrN4O. The maximum atomic E-state index is 5.95. The Morgan fingerprint density at radius 3 is 3.22 bits per heavy atom. The zero-order chi connectivity index (χ0) is 12.5. The van der Waals surface area contributed by atoms with Crippen LogP contribution in [-0.4, -0.2) is 27.7 Å². The summed E-state index contributed by atoms with van der Waals surface area (Å²) in [7, 11) is 0.